The van der Waals surface area contributed by atoms with Gasteiger partial charge in [0.25, 0.3) is 0 Å². The number of anilines is 4. The Labute approximate surface area is 190 Å². The smallest absolute Gasteiger partial charge is 0.249 e. The van der Waals surface area contributed by atoms with Gasteiger partial charge in [-0.1, -0.05) is 33.6 Å². The Balaban J connectivity index is 1.58. The Morgan fingerprint density at radius 1 is 1.06 bits per heavy atom. The highest BCUT2D eigenvalue weighted by molar-refractivity contribution is 6.07. The molecule has 2 aromatic rings. The van der Waals surface area contributed by atoms with Crippen LogP contribution in [-0.2, 0) is 4.79 Å². The normalized spacial score (nSPS) is 18.7. The van der Waals surface area contributed by atoms with Crippen LogP contribution in [0.4, 0.5) is 23.3 Å². The zero-order chi connectivity index (χ0) is 22.5. The summed E-state index contributed by atoms with van der Waals surface area (Å²) in [5, 5.41) is 3.41. The number of fused-ring (bicyclic) bond motifs is 1. The van der Waals surface area contributed by atoms with Gasteiger partial charge in [0.2, 0.25) is 11.9 Å². The van der Waals surface area contributed by atoms with Crippen molar-refractivity contribution in [1.29, 1.82) is 0 Å². The third kappa shape index (κ3) is 4.76. The maximum atomic E-state index is 13.4. The molecule has 2 aliphatic rings. The second-order valence-corrected chi connectivity index (χ2v) is 8.93. The number of piperazine rings is 1. The highest BCUT2D eigenvalue weighted by Crippen LogP contribution is 2.38. The second-order valence-electron chi connectivity index (χ2n) is 8.93. The number of rotatable bonds is 8. The first-order valence-electron chi connectivity index (χ1n) is 11.8. The maximum absolute atomic E-state index is 13.4. The lowest BCUT2D eigenvalue weighted by Crippen LogP contribution is -2.51. The first-order valence-corrected chi connectivity index (χ1v) is 11.8. The molecular weight excluding hydrogens is 404 g/mol. The topological polar surface area (TPSA) is 90.4 Å². The summed E-state index contributed by atoms with van der Waals surface area (Å²) in [4.78, 5) is 37.7. The molecule has 172 valence electrons. The molecule has 0 saturated carbocycles. The van der Waals surface area contributed by atoms with Crippen LogP contribution in [0, 0.1) is 5.92 Å². The van der Waals surface area contributed by atoms with Gasteiger partial charge < -0.3 is 20.0 Å². The van der Waals surface area contributed by atoms with Gasteiger partial charge in [-0.15, -0.1) is 0 Å². The highest BCUT2D eigenvalue weighted by Gasteiger charge is 2.36. The largest absolute Gasteiger partial charge is 0.356 e. The number of hydrogen-bond donors (Lipinski definition) is 1. The number of carbonyl (C=O) groups excluding carboxylic acids is 1. The van der Waals surface area contributed by atoms with Crippen LogP contribution < -0.4 is 20.0 Å². The molecule has 0 aliphatic carbocycles. The number of nitrogens with one attached hydrogen (secondary N) is 1. The maximum Gasteiger partial charge on any atom is 0.249 e. The van der Waals surface area contributed by atoms with Crippen molar-refractivity contribution in [2.75, 3.05) is 52.7 Å². The van der Waals surface area contributed by atoms with Gasteiger partial charge in [-0.05, 0) is 24.8 Å². The van der Waals surface area contributed by atoms with E-state index in [4.69, 9.17) is 0 Å². The van der Waals surface area contributed by atoms with Crippen molar-refractivity contribution in [2.45, 2.75) is 52.5 Å². The van der Waals surface area contributed by atoms with E-state index < -0.39 is 0 Å². The van der Waals surface area contributed by atoms with Crippen molar-refractivity contribution < 1.29 is 4.79 Å². The van der Waals surface area contributed by atoms with Crippen molar-refractivity contribution in [2.24, 2.45) is 5.92 Å². The van der Waals surface area contributed by atoms with Crippen molar-refractivity contribution in [3.63, 3.8) is 0 Å². The minimum absolute atomic E-state index is 0.138. The summed E-state index contributed by atoms with van der Waals surface area (Å²) in [5.74, 6) is 3.01. The van der Waals surface area contributed by atoms with Gasteiger partial charge in [-0.3, -0.25) is 4.79 Å². The SMILES string of the molecule is CCCC[C@@H]1Nc2ncnc(N3CCN(c4ncccn4)CC3)c2N(CCC(C)C)C1=O. The molecule has 0 aromatic carbocycles. The van der Waals surface area contributed by atoms with E-state index >= 15 is 0 Å². The van der Waals surface area contributed by atoms with Gasteiger partial charge in [-0.2, -0.15) is 0 Å². The first kappa shape index (κ1) is 22.2. The molecule has 2 aromatic heterocycles. The molecule has 1 N–H and O–H groups in total. The molecular formula is C23H34N8O. The molecule has 0 spiro atoms. The van der Waals surface area contributed by atoms with E-state index in [0.29, 0.717) is 12.5 Å². The summed E-state index contributed by atoms with van der Waals surface area (Å²) in [7, 11) is 0. The van der Waals surface area contributed by atoms with Gasteiger partial charge >= 0.3 is 0 Å². The molecule has 32 heavy (non-hydrogen) atoms. The minimum atomic E-state index is -0.218. The average Bonchev–Trinajstić information content (AvgIpc) is 2.82. The summed E-state index contributed by atoms with van der Waals surface area (Å²) >= 11 is 0. The van der Waals surface area contributed by atoms with Gasteiger partial charge in [0, 0.05) is 45.1 Å². The number of hydrogen-bond acceptors (Lipinski definition) is 8. The molecule has 1 atom stereocenters. The van der Waals surface area contributed by atoms with Crippen molar-refractivity contribution >= 4 is 29.2 Å². The van der Waals surface area contributed by atoms with E-state index in [1.165, 1.54) is 0 Å². The number of carbonyl (C=O) groups is 1. The van der Waals surface area contributed by atoms with E-state index in [9.17, 15) is 4.79 Å². The summed E-state index contributed by atoms with van der Waals surface area (Å²) in [6, 6.07) is 1.61. The fourth-order valence-corrected chi connectivity index (χ4v) is 4.27. The molecule has 9 nitrogen and oxygen atoms in total. The van der Waals surface area contributed by atoms with Crippen LogP contribution in [0.1, 0.15) is 46.5 Å². The third-order valence-electron chi connectivity index (χ3n) is 6.14. The number of nitrogens with zero attached hydrogens (tertiary/aromatic N) is 7. The predicted molar refractivity (Wildman–Crippen MR) is 127 cm³/mol. The molecule has 1 fully saturated rings. The van der Waals surface area contributed by atoms with E-state index in [0.717, 1.165) is 75.1 Å². The van der Waals surface area contributed by atoms with Crippen LogP contribution in [0.2, 0.25) is 0 Å². The fourth-order valence-electron chi connectivity index (χ4n) is 4.27. The molecule has 9 heteroatoms. The van der Waals surface area contributed by atoms with E-state index in [-0.39, 0.29) is 11.9 Å². The average molecular weight is 439 g/mol. The van der Waals surface area contributed by atoms with Crippen LogP contribution in [0.25, 0.3) is 0 Å². The van der Waals surface area contributed by atoms with Gasteiger partial charge in [0.15, 0.2) is 11.6 Å². The first-order chi connectivity index (χ1) is 15.6. The van der Waals surface area contributed by atoms with E-state index in [1.807, 2.05) is 11.0 Å². The Kier molecular flexibility index (Phi) is 7.02. The quantitative estimate of drug-likeness (QED) is 0.673. The Hall–Kier alpha value is -2.97. The van der Waals surface area contributed by atoms with E-state index in [1.54, 1.807) is 18.7 Å². The summed E-state index contributed by atoms with van der Waals surface area (Å²) in [6.07, 6.45) is 9.00. The van der Waals surface area contributed by atoms with Crippen molar-refractivity contribution in [3.05, 3.63) is 24.8 Å². The number of amides is 1. The molecule has 4 heterocycles. The van der Waals surface area contributed by atoms with Gasteiger partial charge in [-0.25, -0.2) is 19.9 Å². The zero-order valence-electron chi connectivity index (χ0n) is 19.4. The molecule has 1 amide bonds. The molecule has 0 bridgehead atoms. The zero-order valence-corrected chi connectivity index (χ0v) is 19.4. The van der Waals surface area contributed by atoms with E-state index in [2.05, 4.69) is 55.8 Å². The van der Waals surface area contributed by atoms with Crippen LogP contribution >= 0.6 is 0 Å². The minimum Gasteiger partial charge on any atom is -0.356 e. The molecule has 1 saturated heterocycles. The molecule has 0 radical (unpaired) electrons. The standard InChI is InChI=1S/C23H34N8O/c1-4-5-7-18-22(32)31(11-8-17(2)3)19-20(28-18)26-16-27-21(19)29-12-14-30(15-13-29)23-24-9-6-10-25-23/h6,9-10,16-18H,4-5,7-8,11-15H2,1-3H3,(H,26,27,28)/t18-/m0/s1. The van der Waals surface area contributed by atoms with Crippen molar-refractivity contribution in [1.82, 2.24) is 19.9 Å². The third-order valence-corrected chi connectivity index (χ3v) is 6.14. The van der Waals surface area contributed by atoms with Gasteiger partial charge in [0.05, 0.1) is 0 Å². The Morgan fingerprint density at radius 3 is 2.47 bits per heavy atom. The van der Waals surface area contributed by atoms with Crippen LogP contribution in [0.5, 0.6) is 0 Å². The molecule has 2 aliphatic heterocycles. The van der Waals surface area contributed by atoms with Crippen LogP contribution in [0.3, 0.4) is 0 Å². The lowest BCUT2D eigenvalue weighted by molar-refractivity contribution is -0.119. The highest BCUT2D eigenvalue weighted by atomic mass is 16.2. The Bertz CT molecular complexity index is 898. The van der Waals surface area contributed by atoms with Crippen molar-refractivity contribution in [3.8, 4) is 0 Å². The number of unbranched alkanes of at least 4 members (excludes halogenated alkanes) is 1. The monoisotopic (exact) mass is 438 g/mol. The Morgan fingerprint density at radius 2 is 1.78 bits per heavy atom. The van der Waals surface area contributed by atoms with Crippen LogP contribution in [-0.4, -0.2) is 64.6 Å². The molecule has 0 unspecified atom stereocenters. The van der Waals surface area contributed by atoms with Gasteiger partial charge in [0.1, 0.15) is 18.1 Å². The lowest BCUT2D eigenvalue weighted by atomic mass is 10.0. The number of aromatic nitrogens is 4. The summed E-state index contributed by atoms with van der Waals surface area (Å²) < 4.78 is 0. The summed E-state index contributed by atoms with van der Waals surface area (Å²) in [5.41, 5.74) is 0.829. The predicted octanol–water partition coefficient (Wildman–Crippen LogP) is 2.96. The lowest BCUT2D eigenvalue weighted by Gasteiger charge is -2.40. The fraction of sp³-hybridized carbons (Fsp3) is 0.609. The van der Waals surface area contributed by atoms with Crippen LogP contribution in [0.15, 0.2) is 24.8 Å². The second kappa shape index (κ2) is 10.1. The molecule has 4 rings (SSSR count). The summed E-state index contributed by atoms with van der Waals surface area (Å²) in [6.45, 7) is 10.4.